The SMILES string of the molecule is CC.CC.Cc1cc(-c2ccccn2)nc(-c2ccccn2)c1. The number of aryl methyl sites for hydroxylation is 1. The molecule has 0 N–H and O–H groups in total. The maximum Gasteiger partial charge on any atom is 0.0896 e. The molecule has 0 fully saturated rings. The molecule has 0 atom stereocenters. The monoisotopic (exact) mass is 307 g/mol. The minimum absolute atomic E-state index is 0.876. The summed E-state index contributed by atoms with van der Waals surface area (Å²) in [5, 5.41) is 0. The zero-order valence-electron chi connectivity index (χ0n) is 14.6. The Labute approximate surface area is 139 Å². The first-order valence-electron chi connectivity index (χ1n) is 8.14. The lowest BCUT2D eigenvalue weighted by atomic mass is 10.1. The lowest BCUT2D eigenvalue weighted by Crippen LogP contribution is -1.93. The van der Waals surface area contributed by atoms with E-state index in [1.54, 1.807) is 12.4 Å². The predicted octanol–water partition coefficient (Wildman–Crippen LogP) is 5.57. The summed E-state index contributed by atoms with van der Waals surface area (Å²) in [5.74, 6) is 0. The number of hydrogen-bond donors (Lipinski definition) is 0. The van der Waals surface area contributed by atoms with Crippen molar-refractivity contribution in [3.8, 4) is 22.8 Å². The van der Waals surface area contributed by atoms with Gasteiger partial charge in [0.1, 0.15) is 0 Å². The van der Waals surface area contributed by atoms with Crippen molar-refractivity contribution in [2.24, 2.45) is 0 Å². The van der Waals surface area contributed by atoms with Crippen molar-refractivity contribution >= 4 is 0 Å². The molecule has 3 aromatic heterocycles. The molecular formula is C20H25N3. The molecule has 0 aliphatic heterocycles. The van der Waals surface area contributed by atoms with Crippen LogP contribution in [0.3, 0.4) is 0 Å². The quantitative estimate of drug-likeness (QED) is 0.621. The van der Waals surface area contributed by atoms with E-state index in [9.17, 15) is 0 Å². The Morgan fingerprint density at radius 2 is 1.04 bits per heavy atom. The summed E-state index contributed by atoms with van der Waals surface area (Å²) in [7, 11) is 0. The van der Waals surface area contributed by atoms with Gasteiger partial charge in [-0.2, -0.15) is 0 Å². The highest BCUT2D eigenvalue weighted by molar-refractivity contribution is 5.62. The van der Waals surface area contributed by atoms with Gasteiger partial charge < -0.3 is 0 Å². The van der Waals surface area contributed by atoms with Crippen LogP contribution in [0.25, 0.3) is 22.8 Å². The molecule has 0 saturated carbocycles. The Morgan fingerprint density at radius 3 is 1.39 bits per heavy atom. The van der Waals surface area contributed by atoms with Gasteiger partial charge in [0.2, 0.25) is 0 Å². The van der Waals surface area contributed by atoms with E-state index in [2.05, 4.69) is 21.9 Å². The van der Waals surface area contributed by atoms with Gasteiger partial charge in [-0.1, -0.05) is 39.8 Å². The van der Waals surface area contributed by atoms with Gasteiger partial charge in [0, 0.05) is 12.4 Å². The largest absolute Gasteiger partial charge is 0.255 e. The van der Waals surface area contributed by atoms with Crippen molar-refractivity contribution in [2.75, 3.05) is 0 Å². The summed E-state index contributed by atoms with van der Waals surface area (Å²) in [6.07, 6.45) is 3.56. The molecule has 0 unspecified atom stereocenters. The molecular weight excluding hydrogens is 282 g/mol. The van der Waals surface area contributed by atoms with Gasteiger partial charge in [0.05, 0.1) is 22.8 Å². The normalized spacial score (nSPS) is 9.09. The lowest BCUT2D eigenvalue weighted by molar-refractivity contribution is 1.20. The van der Waals surface area contributed by atoms with Crippen LogP contribution in [0.15, 0.2) is 60.9 Å². The van der Waals surface area contributed by atoms with Crippen LogP contribution < -0.4 is 0 Å². The molecule has 0 aliphatic carbocycles. The van der Waals surface area contributed by atoms with Crippen LogP contribution in [0.2, 0.25) is 0 Å². The second-order valence-corrected chi connectivity index (χ2v) is 4.34. The lowest BCUT2D eigenvalue weighted by Gasteiger charge is -2.06. The molecule has 0 radical (unpaired) electrons. The smallest absolute Gasteiger partial charge is 0.0896 e. The highest BCUT2D eigenvalue weighted by Crippen LogP contribution is 2.21. The fourth-order valence-electron chi connectivity index (χ4n) is 1.96. The van der Waals surface area contributed by atoms with E-state index < -0.39 is 0 Å². The first-order chi connectivity index (χ1) is 11.3. The Morgan fingerprint density at radius 1 is 0.609 bits per heavy atom. The van der Waals surface area contributed by atoms with Gasteiger partial charge >= 0.3 is 0 Å². The third-order valence-corrected chi connectivity index (χ3v) is 2.82. The fourth-order valence-corrected chi connectivity index (χ4v) is 1.96. The van der Waals surface area contributed by atoms with Gasteiger partial charge in [0.15, 0.2) is 0 Å². The van der Waals surface area contributed by atoms with Gasteiger partial charge in [-0.15, -0.1) is 0 Å². The van der Waals surface area contributed by atoms with Crippen molar-refractivity contribution in [1.82, 2.24) is 15.0 Å². The standard InChI is InChI=1S/C16H13N3.2C2H6/c1-12-10-15(13-6-2-4-8-17-13)19-16(11-12)14-7-3-5-9-18-14;2*1-2/h2-11H,1H3;2*1-2H3. The van der Waals surface area contributed by atoms with E-state index in [0.717, 1.165) is 28.3 Å². The van der Waals surface area contributed by atoms with E-state index in [1.165, 1.54) is 0 Å². The summed E-state index contributed by atoms with van der Waals surface area (Å²) >= 11 is 0. The average Bonchev–Trinajstić information content (AvgIpc) is 2.66. The maximum absolute atomic E-state index is 4.65. The fraction of sp³-hybridized carbons (Fsp3) is 0.250. The van der Waals surface area contributed by atoms with Crippen molar-refractivity contribution in [3.63, 3.8) is 0 Å². The van der Waals surface area contributed by atoms with Crippen molar-refractivity contribution in [3.05, 3.63) is 66.5 Å². The molecule has 3 heterocycles. The van der Waals surface area contributed by atoms with E-state index in [4.69, 9.17) is 0 Å². The van der Waals surface area contributed by atoms with E-state index >= 15 is 0 Å². The van der Waals surface area contributed by atoms with Gasteiger partial charge in [-0.25, -0.2) is 4.98 Å². The summed E-state index contributed by atoms with van der Waals surface area (Å²) in [6.45, 7) is 10.1. The molecule has 0 saturated heterocycles. The highest BCUT2D eigenvalue weighted by Gasteiger charge is 2.06. The van der Waals surface area contributed by atoms with Crippen molar-refractivity contribution in [1.29, 1.82) is 0 Å². The van der Waals surface area contributed by atoms with E-state index in [0.29, 0.717) is 0 Å². The van der Waals surface area contributed by atoms with E-state index in [-0.39, 0.29) is 0 Å². The number of pyridine rings is 3. The van der Waals surface area contributed by atoms with Crippen LogP contribution in [-0.2, 0) is 0 Å². The van der Waals surface area contributed by atoms with E-state index in [1.807, 2.05) is 76.2 Å². The first-order valence-corrected chi connectivity index (χ1v) is 8.14. The van der Waals surface area contributed by atoms with Gasteiger partial charge in [-0.3, -0.25) is 9.97 Å². The molecule has 3 aromatic rings. The van der Waals surface area contributed by atoms with Crippen LogP contribution in [0.4, 0.5) is 0 Å². The summed E-state index contributed by atoms with van der Waals surface area (Å²) < 4.78 is 0. The zero-order chi connectivity index (χ0) is 17.1. The van der Waals surface area contributed by atoms with Crippen molar-refractivity contribution in [2.45, 2.75) is 34.6 Å². The van der Waals surface area contributed by atoms with Crippen LogP contribution in [0, 0.1) is 6.92 Å². The number of nitrogens with zero attached hydrogens (tertiary/aromatic N) is 3. The molecule has 3 rings (SSSR count). The molecule has 23 heavy (non-hydrogen) atoms. The molecule has 120 valence electrons. The van der Waals surface area contributed by atoms with Gasteiger partial charge in [0.25, 0.3) is 0 Å². The average molecular weight is 307 g/mol. The van der Waals surface area contributed by atoms with Crippen LogP contribution in [0.1, 0.15) is 33.3 Å². The van der Waals surface area contributed by atoms with Crippen LogP contribution in [-0.4, -0.2) is 15.0 Å². The summed E-state index contributed by atoms with van der Waals surface area (Å²) in [5.41, 5.74) is 4.66. The second-order valence-electron chi connectivity index (χ2n) is 4.34. The summed E-state index contributed by atoms with van der Waals surface area (Å²) in [6, 6.07) is 15.7. The second kappa shape index (κ2) is 10.2. The molecule has 0 spiro atoms. The minimum Gasteiger partial charge on any atom is -0.255 e. The Kier molecular flexibility index (Phi) is 8.22. The predicted molar refractivity (Wildman–Crippen MR) is 98.1 cm³/mol. The van der Waals surface area contributed by atoms with Gasteiger partial charge in [-0.05, 0) is 48.9 Å². The van der Waals surface area contributed by atoms with Crippen LogP contribution >= 0.6 is 0 Å². The topological polar surface area (TPSA) is 38.7 Å². The molecule has 0 amide bonds. The zero-order valence-corrected chi connectivity index (χ0v) is 14.6. The first kappa shape index (κ1) is 18.5. The Balaban J connectivity index is 0.000000615. The van der Waals surface area contributed by atoms with Crippen molar-refractivity contribution < 1.29 is 0 Å². The van der Waals surface area contributed by atoms with Crippen LogP contribution in [0.5, 0.6) is 0 Å². The third kappa shape index (κ3) is 5.29. The minimum atomic E-state index is 0.876. The molecule has 0 bridgehead atoms. The number of rotatable bonds is 2. The Bertz CT molecular complexity index is 622. The Hall–Kier alpha value is -2.55. The molecule has 0 aliphatic rings. The molecule has 0 aromatic carbocycles. The third-order valence-electron chi connectivity index (χ3n) is 2.82. The molecule has 3 heteroatoms. The highest BCUT2D eigenvalue weighted by atomic mass is 14.8. The maximum atomic E-state index is 4.65. The number of aromatic nitrogens is 3. The molecule has 3 nitrogen and oxygen atoms in total. The summed E-state index contributed by atoms with van der Waals surface area (Å²) in [4.78, 5) is 13.3. The number of hydrogen-bond acceptors (Lipinski definition) is 3.